The number of aliphatic hydroxyl groups excluding tert-OH is 1. The Labute approximate surface area is 126 Å². The van der Waals surface area contributed by atoms with Gasteiger partial charge in [0.1, 0.15) is 5.02 Å². The fourth-order valence-corrected chi connectivity index (χ4v) is 1.92. The molecule has 7 heteroatoms. The summed E-state index contributed by atoms with van der Waals surface area (Å²) >= 11 is 11.9. The summed E-state index contributed by atoms with van der Waals surface area (Å²) in [5.41, 5.74) is 0.866. The molecule has 0 aliphatic rings. The molecule has 0 spiro atoms. The maximum atomic E-state index is 9.51. The van der Waals surface area contributed by atoms with E-state index in [1.54, 1.807) is 12.1 Å². The van der Waals surface area contributed by atoms with Crippen LogP contribution in [0, 0.1) is 0 Å². The molecule has 0 aliphatic carbocycles. The van der Waals surface area contributed by atoms with Crippen LogP contribution in [0.5, 0.6) is 6.01 Å². The zero-order chi connectivity index (χ0) is 14.5. The highest BCUT2D eigenvalue weighted by molar-refractivity contribution is 6.32. The van der Waals surface area contributed by atoms with Crippen LogP contribution >= 0.6 is 23.2 Å². The molecule has 2 rings (SSSR count). The molecule has 0 saturated heterocycles. The van der Waals surface area contributed by atoms with Crippen molar-refractivity contribution in [1.29, 1.82) is 0 Å². The molecule has 0 fully saturated rings. The van der Waals surface area contributed by atoms with Gasteiger partial charge in [0.25, 0.3) is 0 Å². The summed E-state index contributed by atoms with van der Waals surface area (Å²) in [6.07, 6.45) is 1.44. The molecule has 0 saturated carbocycles. The van der Waals surface area contributed by atoms with E-state index in [-0.39, 0.29) is 18.7 Å². The molecule has 1 heterocycles. The molecule has 0 aliphatic heterocycles. The number of anilines is 1. The van der Waals surface area contributed by atoms with Gasteiger partial charge >= 0.3 is 6.01 Å². The Morgan fingerprint density at radius 1 is 1.30 bits per heavy atom. The van der Waals surface area contributed by atoms with E-state index in [4.69, 9.17) is 27.9 Å². The van der Waals surface area contributed by atoms with Gasteiger partial charge in [-0.05, 0) is 17.7 Å². The van der Waals surface area contributed by atoms with E-state index in [1.807, 2.05) is 12.1 Å². The number of hydrogen-bond acceptors (Lipinski definition) is 5. The average molecular weight is 314 g/mol. The van der Waals surface area contributed by atoms with Gasteiger partial charge in [0.05, 0.1) is 26.0 Å². The highest BCUT2D eigenvalue weighted by Crippen LogP contribution is 2.25. The molecule has 1 aromatic carbocycles. The summed E-state index contributed by atoms with van der Waals surface area (Å²) < 4.78 is 4.95. The number of aromatic nitrogens is 2. The molecule has 5 nitrogen and oxygen atoms in total. The van der Waals surface area contributed by atoms with Crippen molar-refractivity contribution in [2.24, 2.45) is 0 Å². The van der Waals surface area contributed by atoms with E-state index in [1.165, 1.54) is 13.3 Å². The van der Waals surface area contributed by atoms with Gasteiger partial charge in [-0.25, -0.2) is 4.98 Å². The normalized spacial score (nSPS) is 12.0. The van der Waals surface area contributed by atoms with Gasteiger partial charge in [0, 0.05) is 5.02 Å². The van der Waals surface area contributed by atoms with Gasteiger partial charge in [-0.1, -0.05) is 35.3 Å². The Morgan fingerprint density at radius 2 is 2.00 bits per heavy atom. The number of rotatable bonds is 5. The minimum Gasteiger partial charge on any atom is -0.467 e. The summed E-state index contributed by atoms with van der Waals surface area (Å²) in [5.74, 6) is 0.396. The molecule has 0 amide bonds. The lowest BCUT2D eigenvalue weighted by Gasteiger charge is -2.18. The van der Waals surface area contributed by atoms with Gasteiger partial charge in [-0.3, -0.25) is 0 Å². The third-order valence-electron chi connectivity index (χ3n) is 2.67. The van der Waals surface area contributed by atoms with Crippen molar-refractivity contribution in [2.45, 2.75) is 6.04 Å². The zero-order valence-electron chi connectivity index (χ0n) is 10.7. The predicted molar refractivity (Wildman–Crippen MR) is 78.5 cm³/mol. The van der Waals surface area contributed by atoms with Gasteiger partial charge in [0.15, 0.2) is 5.82 Å². The molecule has 20 heavy (non-hydrogen) atoms. The quantitative estimate of drug-likeness (QED) is 0.888. The second-order valence-electron chi connectivity index (χ2n) is 3.98. The molecule has 1 unspecified atom stereocenters. The molecule has 1 atom stereocenters. The molecular formula is C13H13Cl2N3O2. The molecule has 2 N–H and O–H groups in total. The second kappa shape index (κ2) is 6.74. The first-order valence-corrected chi connectivity index (χ1v) is 6.59. The number of aliphatic hydroxyl groups is 1. The average Bonchev–Trinajstić information content (AvgIpc) is 2.47. The van der Waals surface area contributed by atoms with Crippen molar-refractivity contribution in [3.05, 3.63) is 46.1 Å². The molecule has 2 aromatic rings. The van der Waals surface area contributed by atoms with Crippen molar-refractivity contribution in [2.75, 3.05) is 19.0 Å². The van der Waals surface area contributed by atoms with Crippen LogP contribution in [0.2, 0.25) is 10.0 Å². The maximum Gasteiger partial charge on any atom is 0.318 e. The number of methoxy groups -OCH3 is 1. The standard InChI is InChI=1S/C13H13Cl2N3O2/c1-20-13-16-6-10(15)12(18-13)17-11(7-19)8-2-4-9(14)5-3-8/h2-6,11,19H,7H2,1H3,(H,16,17,18). The first-order chi connectivity index (χ1) is 9.63. The number of nitrogens with one attached hydrogen (secondary N) is 1. The monoisotopic (exact) mass is 313 g/mol. The van der Waals surface area contributed by atoms with Crippen LogP contribution in [0.25, 0.3) is 0 Å². The van der Waals surface area contributed by atoms with E-state index in [9.17, 15) is 5.11 Å². The van der Waals surface area contributed by atoms with E-state index in [0.717, 1.165) is 5.56 Å². The van der Waals surface area contributed by atoms with Crippen LogP contribution < -0.4 is 10.1 Å². The predicted octanol–water partition coefficient (Wildman–Crippen LogP) is 2.94. The molecule has 0 bridgehead atoms. The number of hydrogen-bond donors (Lipinski definition) is 2. The van der Waals surface area contributed by atoms with E-state index >= 15 is 0 Å². The van der Waals surface area contributed by atoms with Gasteiger partial charge in [-0.15, -0.1) is 0 Å². The highest BCUT2D eigenvalue weighted by Gasteiger charge is 2.14. The SMILES string of the molecule is COc1ncc(Cl)c(NC(CO)c2ccc(Cl)cc2)n1. The Balaban J connectivity index is 2.23. The van der Waals surface area contributed by atoms with E-state index in [0.29, 0.717) is 15.9 Å². The minimum atomic E-state index is -0.357. The van der Waals surface area contributed by atoms with Gasteiger partial charge in [-0.2, -0.15) is 4.98 Å². The lowest BCUT2D eigenvalue weighted by atomic mass is 10.1. The molecule has 106 valence electrons. The Hall–Kier alpha value is -1.56. The van der Waals surface area contributed by atoms with Crippen LogP contribution in [0.15, 0.2) is 30.5 Å². The van der Waals surface area contributed by atoms with Crippen molar-refractivity contribution in [1.82, 2.24) is 9.97 Å². The maximum absolute atomic E-state index is 9.51. The molecule has 0 radical (unpaired) electrons. The van der Waals surface area contributed by atoms with Crippen molar-refractivity contribution >= 4 is 29.0 Å². The minimum absolute atomic E-state index is 0.121. The number of nitrogens with zero attached hydrogens (tertiary/aromatic N) is 2. The van der Waals surface area contributed by atoms with E-state index < -0.39 is 0 Å². The smallest absolute Gasteiger partial charge is 0.318 e. The van der Waals surface area contributed by atoms with Crippen LogP contribution in [0.1, 0.15) is 11.6 Å². The lowest BCUT2D eigenvalue weighted by Crippen LogP contribution is -2.16. The fourth-order valence-electron chi connectivity index (χ4n) is 1.65. The molecular weight excluding hydrogens is 301 g/mol. The zero-order valence-corrected chi connectivity index (χ0v) is 12.2. The largest absolute Gasteiger partial charge is 0.467 e. The topological polar surface area (TPSA) is 67.3 Å². The fraction of sp³-hybridized carbons (Fsp3) is 0.231. The van der Waals surface area contributed by atoms with Crippen LogP contribution in [0.4, 0.5) is 5.82 Å². The van der Waals surface area contributed by atoms with Crippen LogP contribution in [0.3, 0.4) is 0 Å². The number of benzene rings is 1. The third kappa shape index (κ3) is 3.50. The summed E-state index contributed by atoms with van der Waals surface area (Å²) in [7, 11) is 1.47. The Morgan fingerprint density at radius 3 is 2.60 bits per heavy atom. The van der Waals surface area contributed by atoms with Gasteiger partial charge < -0.3 is 15.2 Å². The van der Waals surface area contributed by atoms with E-state index in [2.05, 4.69) is 15.3 Å². The first-order valence-electron chi connectivity index (χ1n) is 5.83. The molecule has 1 aromatic heterocycles. The van der Waals surface area contributed by atoms with Crippen LogP contribution in [-0.4, -0.2) is 28.8 Å². The van der Waals surface area contributed by atoms with Crippen molar-refractivity contribution in [3.8, 4) is 6.01 Å². The highest BCUT2D eigenvalue weighted by atomic mass is 35.5. The second-order valence-corrected chi connectivity index (χ2v) is 4.83. The Kier molecular flexibility index (Phi) is 5.00. The number of ether oxygens (including phenoxy) is 1. The summed E-state index contributed by atoms with van der Waals surface area (Å²) in [6, 6.07) is 6.99. The summed E-state index contributed by atoms with van der Waals surface area (Å²) in [5, 5.41) is 13.5. The van der Waals surface area contributed by atoms with Crippen molar-refractivity contribution in [3.63, 3.8) is 0 Å². The van der Waals surface area contributed by atoms with Crippen molar-refractivity contribution < 1.29 is 9.84 Å². The third-order valence-corrected chi connectivity index (χ3v) is 3.20. The Bertz CT molecular complexity index is 578. The lowest BCUT2D eigenvalue weighted by molar-refractivity contribution is 0.276. The number of halogens is 2. The first kappa shape index (κ1) is 14.8. The summed E-state index contributed by atoms with van der Waals surface area (Å²) in [4.78, 5) is 8.00. The summed E-state index contributed by atoms with van der Waals surface area (Å²) in [6.45, 7) is -0.121. The van der Waals surface area contributed by atoms with Gasteiger partial charge in [0.2, 0.25) is 0 Å². The van der Waals surface area contributed by atoms with Crippen LogP contribution in [-0.2, 0) is 0 Å².